The fourth-order valence-electron chi connectivity index (χ4n) is 9.19. The van der Waals surface area contributed by atoms with Crippen molar-refractivity contribution in [3.8, 4) is 39.3 Å². The van der Waals surface area contributed by atoms with Gasteiger partial charge in [0.05, 0.1) is 16.4 Å². The summed E-state index contributed by atoms with van der Waals surface area (Å²) in [7, 11) is 1.99. The zero-order chi connectivity index (χ0) is 37.4. The summed E-state index contributed by atoms with van der Waals surface area (Å²) in [6.07, 6.45) is 0. The molecule has 1 unspecified atom stereocenters. The Morgan fingerprint density at radius 2 is 1.25 bits per heavy atom. The van der Waals surface area contributed by atoms with Crippen LogP contribution in [-0.4, -0.2) is 16.6 Å². The van der Waals surface area contributed by atoms with Gasteiger partial charge >= 0.3 is 0 Å². The number of nitrogens with two attached hydrogens (primary N) is 1. The second-order valence-corrected chi connectivity index (χ2v) is 15.7. The molecule has 3 N–H and O–H groups in total. The smallest absolute Gasteiger partial charge is 0.145 e. The van der Waals surface area contributed by atoms with Crippen molar-refractivity contribution in [2.24, 2.45) is 0 Å². The summed E-state index contributed by atoms with van der Waals surface area (Å²) in [6, 6.07) is 65.8. The molecule has 11 rings (SSSR count). The SMILES string of the molecule is CNc1cc(-c2ccc(N)cc2)c2c(c1)sc1ccc3c(c12)-c1ccccc1C3(c1ccccc1)c1ccc(-c2nc3ccccc3n2-c2ccccc2)cc1. The van der Waals surface area contributed by atoms with Crippen molar-refractivity contribution < 1.29 is 0 Å². The summed E-state index contributed by atoms with van der Waals surface area (Å²) in [5.41, 5.74) is 21.7. The van der Waals surface area contributed by atoms with Crippen LogP contribution in [-0.2, 0) is 5.41 Å². The van der Waals surface area contributed by atoms with E-state index in [-0.39, 0.29) is 0 Å². The molecule has 0 saturated heterocycles. The van der Waals surface area contributed by atoms with Crippen molar-refractivity contribution in [2.75, 3.05) is 18.1 Å². The highest BCUT2D eigenvalue weighted by molar-refractivity contribution is 7.26. The van der Waals surface area contributed by atoms with Crippen LogP contribution in [0.15, 0.2) is 182 Å². The third-order valence-corrected chi connectivity index (χ3v) is 12.7. The monoisotopic (exact) mass is 736 g/mol. The lowest BCUT2D eigenvalue weighted by atomic mass is 9.67. The van der Waals surface area contributed by atoms with Gasteiger partial charge in [-0.25, -0.2) is 4.98 Å². The van der Waals surface area contributed by atoms with Gasteiger partial charge in [0.15, 0.2) is 0 Å². The van der Waals surface area contributed by atoms with Crippen molar-refractivity contribution in [1.82, 2.24) is 9.55 Å². The Balaban J connectivity index is 1.19. The molecule has 1 aliphatic carbocycles. The number of para-hydroxylation sites is 3. The molecule has 4 nitrogen and oxygen atoms in total. The molecule has 266 valence electrons. The Hall–Kier alpha value is -6.95. The zero-order valence-corrected chi connectivity index (χ0v) is 31.5. The Morgan fingerprint density at radius 1 is 0.571 bits per heavy atom. The summed E-state index contributed by atoms with van der Waals surface area (Å²) < 4.78 is 4.80. The van der Waals surface area contributed by atoms with Gasteiger partial charge in [-0.3, -0.25) is 4.57 Å². The second-order valence-electron chi connectivity index (χ2n) is 14.6. The van der Waals surface area contributed by atoms with E-state index in [1.807, 2.05) is 30.5 Å². The summed E-state index contributed by atoms with van der Waals surface area (Å²) in [4.78, 5) is 5.19. The van der Waals surface area contributed by atoms with Crippen LogP contribution >= 0.6 is 11.3 Å². The largest absolute Gasteiger partial charge is 0.399 e. The van der Waals surface area contributed by atoms with Crippen LogP contribution in [0.5, 0.6) is 0 Å². The molecule has 0 saturated carbocycles. The van der Waals surface area contributed by atoms with E-state index < -0.39 is 5.41 Å². The molecule has 8 aromatic carbocycles. The number of anilines is 2. The molecule has 10 aromatic rings. The fraction of sp³-hybridized carbons (Fsp3) is 0.0392. The normalized spacial score (nSPS) is 14.7. The van der Waals surface area contributed by atoms with E-state index in [4.69, 9.17) is 10.7 Å². The number of benzene rings is 8. The van der Waals surface area contributed by atoms with Crippen LogP contribution in [0.25, 0.3) is 70.5 Å². The number of aromatic nitrogens is 2. The molecule has 0 amide bonds. The third-order valence-electron chi connectivity index (χ3n) is 11.6. The first-order chi connectivity index (χ1) is 27.6. The molecule has 0 radical (unpaired) electrons. The van der Waals surface area contributed by atoms with Gasteiger partial charge in [0.2, 0.25) is 0 Å². The summed E-state index contributed by atoms with van der Waals surface area (Å²) >= 11 is 1.86. The minimum absolute atomic E-state index is 0.556. The summed E-state index contributed by atoms with van der Waals surface area (Å²) in [5, 5.41) is 6.00. The van der Waals surface area contributed by atoms with E-state index in [9.17, 15) is 0 Å². The van der Waals surface area contributed by atoms with E-state index in [1.165, 1.54) is 59.1 Å². The molecule has 1 atom stereocenters. The number of nitrogens with one attached hydrogen (secondary N) is 1. The first kappa shape index (κ1) is 32.5. The highest BCUT2D eigenvalue weighted by atomic mass is 32.1. The predicted octanol–water partition coefficient (Wildman–Crippen LogP) is 12.7. The van der Waals surface area contributed by atoms with Crippen molar-refractivity contribution >= 4 is 53.9 Å². The van der Waals surface area contributed by atoms with Gasteiger partial charge < -0.3 is 11.1 Å². The van der Waals surface area contributed by atoms with Gasteiger partial charge in [-0.15, -0.1) is 11.3 Å². The van der Waals surface area contributed by atoms with E-state index >= 15 is 0 Å². The molecular formula is C51H36N4S. The average molecular weight is 737 g/mol. The molecule has 1 aliphatic rings. The molecule has 5 heteroatoms. The number of hydrogen-bond acceptors (Lipinski definition) is 4. The van der Waals surface area contributed by atoms with Crippen LogP contribution in [0, 0.1) is 0 Å². The molecule has 2 heterocycles. The quantitative estimate of drug-likeness (QED) is 0.167. The highest BCUT2D eigenvalue weighted by Gasteiger charge is 2.47. The molecule has 0 fully saturated rings. The average Bonchev–Trinajstić information content (AvgIpc) is 3.93. The number of fused-ring (bicyclic) bond motifs is 8. The van der Waals surface area contributed by atoms with Gasteiger partial charge in [0.1, 0.15) is 5.82 Å². The van der Waals surface area contributed by atoms with Gasteiger partial charge in [0.25, 0.3) is 0 Å². The Kier molecular flexibility index (Phi) is 7.28. The van der Waals surface area contributed by atoms with Gasteiger partial charge in [-0.2, -0.15) is 0 Å². The van der Waals surface area contributed by atoms with Crippen molar-refractivity contribution in [3.63, 3.8) is 0 Å². The lowest BCUT2D eigenvalue weighted by Crippen LogP contribution is -2.28. The highest BCUT2D eigenvalue weighted by Crippen LogP contribution is 2.60. The number of rotatable bonds is 6. The van der Waals surface area contributed by atoms with Gasteiger partial charge in [-0.05, 0) is 99.1 Å². The van der Waals surface area contributed by atoms with E-state index in [0.717, 1.165) is 45.0 Å². The first-order valence-electron chi connectivity index (χ1n) is 19.0. The lowest BCUT2D eigenvalue weighted by Gasteiger charge is -2.34. The standard InChI is InChI=1S/C51H36N4S/c1-53-37-30-40(32-22-26-36(52)27-23-32)48-46(31-37)56-45-29-28-42-47(49(45)48)39-16-8-9-17-41(39)51(42,34-12-4-2-5-13-34)35-24-20-33(21-25-35)50-54-43-18-10-11-19-44(43)55(50)38-14-6-3-7-15-38/h2-31,53H,52H2,1H3. The van der Waals surface area contributed by atoms with Crippen molar-refractivity contribution in [1.29, 1.82) is 0 Å². The molecule has 0 aliphatic heterocycles. The van der Waals surface area contributed by atoms with Crippen LogP contribution in [0.1, 0.15) is 22.3 Å². The maximum Gasteiger partial charge on any atom is 0.145 e. The van der Waals surface area contributed by atoms with E-state index in [1.54, 1.807) is 0 Å². The minimum Gasteiger partial charge on any atom is -0.399 e. The lowest BCUT2D eigenvalue weighted by molar-refractivity contribution is 0.769. The maximum absolute atomic E-state index is 6.19. The van der Waals surface area contributed by atoms with Crippen LogP contribution in [0.4, 0.5) is 11.4 Å². The maximum atomic E-state index is 6.19. The Labute approximate surface area is 329 Å². The topological polar surface area (TPSA) is 55.9 Å². The second kappa shape index (κ2) is 12.6. The Morgan fingerprint density at radius 3 is 2.04 bits per heavy atom. The van der Waals surface area contributed by atoms with Crippen LogP contribution in [0.2, 0.25) is 0 Å². The molecule has 2 aromatic heterocycles. The Bertz CT molecular complexity index is 3110. The fourth-order valence-corrected chi connectivity index (χ4v) is 10.4. The van der Waals surface area contributed by atoms with Crippen molar-refractivity contribution in [3.05, 3.63) is 204 Å². The van der Waals surface area contributed by atoms with Crippen LogP contribution in [0.3, 0.4) is 0 Å². The zero-order valence-electron chi connectivity index (χ0n) is 30.7. The van der Waals surface area contributed by atoms with Crippen LogP contribution < -0.4 is 11.1 Å². The first-order valence-corrected chi connectivity index (χ1v) is 19.8. The number of hydrogen-bond donors (Lipinski definition) is 2. The minimum atomic E-state index is -0.556. The number of nitrogens with zero attached hydrogens (tertiary/aromatic N) is 2. The summed E-state index contributed by atoms with van der Waals surface area (Å²) in [6.45, 7) is 0. The van der Waals surface area contributed by atoms with Gasteiger partial charge in [-0.1, -0.05) is 127 Å². The summed E-state index contributed by atoms with van der Waals surface area (Å²) in [5.74, 6) is 0.924. The third kappa shape index (κ3) is 4.68. The number of nitrogen functional groups attached to an aromatic ring is 1. The molecule has 0 bridgehead atoms. The van der Waals surface area contributed by atoms with E-state index in [0.29, 0.717) is 0 Å². The number of thiophene rings is 1. The number of imidazole rings is 1. The molecule has 0 spiro atoms. The predicted molar refractivity (Wildman–Crippen MR) is 236 cm³/mol. The van der Waals surface area contributed by atoms with E-state index in [2.05, 4.69) is 180 Å². The van der Waals surface area contributed by atoms with Crippen molar-refractivity contribution in [2.45, 2.75) is 5.41 Å². The molecule has 56 heavy (non-hydrogen) atoms. The van der Waals surface area contributed by atoms with Gasteiger partial charge in [0, 0.05) is 49.8 Å². The molecular weight excluding hydrogens is 701 g/mol.